The summed E-state index contributed by atoms with van der Waals surface area (Å²) in [5.74, 6) is -0.305. The third-order valence-corrected chi connectivity index (χ3v) is 7.37. The highest BCUT2D eigenvalue weighted by molar-refractivity contribution is 7.93. The normalized spacial score (nSPS) is 11.2. The molecular weight excluding hydrogens is 517 g/mol. The van der Waals surface area contributed by atoms with Crippen LogP contribution in [-0.4, -0.2) is 33.2 Å². The predicted molar refractivity (Wildman–Crippen MR) is 134 cm³/mol. The van der Waals surface area contributed by atoms with Crippen molar-refractivity contribution in [2.24, 2.45) is 7.05 Å². The Kier molecular flexibility index (Phi) is 6.34. The summed E-state index contributed by atoms with van der Waals surface area (Å²) in [5.41, 5.74) is 1.43. The van der Waals surface area contributed by atoms with E-state index >= 15 is 0 Å². The van der Waals surface area contributed by atoms with Crippen LogP contribution >= 0.6 is 11.3 Å². The van der Waals surface area contributed by atoms with Gasteiger partial charge in [-0.3, -0.25) is 9.40 Å². The highest BCUT2D eigenvalue weighted by Crippen LogP contribution is 2.36. The summed E-state index contributed by atoms with van der Waals surface area (Å²) in [4.78, 5) is 12.1. The number of pyridine rings is 2. The molecular formula is C24H16FN7O3S2. The monoisotopic (exact) mass is 533 g/mol. The van der Waals surface area contributed by atoms with Crippen molar-refractivity contribution >= 4 is 26.5 Å². The Balaban J connectivity index is 1.54. The first kappa shape index (κ1) is 24.0. The van der Waals surface area contributed by atoms with Crippen molar-refractivity contribution in [3.63, 3.8) is 0 Å². The van der Waals surface area contributed by atoms with Gasteiger partial charge in [0.1, 0.15) is 17.5 Å². The van der Waals surface area contributed by atoms with Gasteiger partial charge in [0.25, 0.3) is 10.0 Å². The van der Waals surface area contributed by atoms with Gasteiger partial charge in [-0.1, -0.05) is 0 Å². The number of thiazole rings is 1. The number of aromatic nitrogens is 5. The standard InChI is InChI=1S/C24H16FN7O3S2/c1-32-19(8-10-29-32)22-21(7-5-18(30-22)17-3-2-9-27-23(17)25)35-20-6-4-16(13-15(20)14-26)37(33,34)31-24-28-11-12-36-24/h2-13H,1H3,(H,28,31). The lowest BCUT2D eigenvalue weighted by atomic mass is 10.1. The van der Waals surface area contributed by atoms with Gasteiger partial charge < -0.3 is 4.74 Å². The number of nitrogens with zero attached hydrogens (tertiary/aromatic N) is 6. The predicted octanol–water partition coefficient (Wildman–Crippen LogP) is 4.60. The average molecular weight is 534 g/mol. The van der Waals surface area contributed by atoms with Crippen molar-refractivity contribution in [3.05, 3.63) is 84.0 Å². The number of hydrogen-bond donors (Lipinski definition) is 1. The van der Waals surface area contributed by atoms with E-state index in [1.54, 1.807) is 53.6 Å². The second-order valence-electron chi connectivity index (χ2n) is 7.54. The molecule has 0 atom stereocenters. The smallest absolute Gasteiger partial charge is 0.263 e. The van der Waals surface area contributed by atoms with Crippen molar-refractivity contribution in [2.45, 2.75) is 4.90 Å². The lowest BCUT2D eigenvalue weighted by Gasteiger charge is -2.14. The molecule has 0 saturated carbocycles. The summed E-state index contributed by atoms with van der Waals surface area (Å²) < 4.78 is 49.8. The van der Waals surface area contributed by atoms with E-state index in [9.17, 15) is 18.1 Å². The molecule has 10 nitrogen and oxygen atoms in total. The molecule has 4 heterocycles. The summed E-state index contributed by atoms with van der Waals surface area (Å²) in [7, 11) is -2.25. The molecule has 1 aromatic carbocycles. The molecule has 4 aromatic heterocycles. The van der Waals surface area contributed by atoms with Crippen molar-refractivity contribution in [1.82, 2.24) is 24.7 Å². The van der Waals surface area contributed by atoms with Gasteiger partial charge in [0.2, 0.25) is 5.95 Å². The van der Waals surface area contributed by atoms with Gasteiger partial charge >= 0.3 is 0 Å². The topological polar surface area (TPSA) is 136 Å². The molecule has 0 unspecified atom stereocenters. The van der Waals surface area contributed by atoms with Gasteiger partial charge in [0.05, 0.1) is 27.4 Å². The van der Waals surface area contributed by atoms with Crippen molar-refractivity contribution in [1.29, 1.82) is 5.26 Å². The minimum atomic E-state index is -3.97. The summed E-state index contributed by atoms with van der Waals surface area (Å²) in [6, 6.07) is 13.9. The summed E-state index contributed by atoms with van der Waals surface area (Å²) in [5, 5.41) is 15.7. The highest BCUT2D eigenvalue weighted by Gasteiger charge is 2.21. The lowest BCUT2D eigenvalue weighted by molar-refractivity contribution is 0.479. The zero-order valence-electron chi connectivity index (χ0n) is 19.0. The first-order valence-electron chi connectivity index (χ1n) is 10.6. The van der Waals surface area contributed by atoms with Crippen molar-refractivity contribution < 1.29 is 17.5 Å². The van der Waals surface area contributed by atoms with E-state index in [1.165, 1.54) is 30.6 Å². The fourth-order valence-corrected chi connectivity index (χ4v) is 5.28. The van der Waals surface area contributed by atoms with Crippen LogP contribution in [0.3, 0.4) is 0 Å². The Bertz CT molecular complexity index is 1750. The van der Waals surface area contributed by atoms with E-state index in [2.05, 4.69) is 24.8 Å². The molecule has 1 N–H and O–H groups in total. The number of ether oxygens (including phenoxy) is 1. The van der Waals surface area contributed by atoms with Crippen LogP contribution in [0.5, 0.6) is 11.5 Å². The number of halogens is 1. The molecule has 13 heteroatoms. The van der Waals surface area contributed by atoms with Gasteiger partial charge in [-0.25, -0.2) is 23.4 Å². The number of nitriles is 1. The van der Waals surface area contributed by atoms with Gasteiger partial charge in [-0.15, -0.1) is 11.3 Å². The number of rotatable bonds is 7. The Labute approximate surface area is 214 Å². The van der Waals surface area contributed by atoms with Gasteiger partial charge in [0.15, 0.2) is 10.9 Å². The summed E-state index contributed by atoms with van der Waals surface area (Å²) >= 11 is 1.13. The van der Waals surface area contributed by atoms with Crippen LogP contribution in [0.15, 0.2) is 77.4 Å². The molecule has 184 valence electrons. The highest BCUT2D eigenvalue weighted by atomic mass is 32.2. The number of hydrogen-bond acceptors (Lipinski definition) is 9. The SMILES string of the molecule is Cn1nccc1-c1nc(-c2cccnc2F)ccc1Oc1ccc(S(=O)(=O)Nc2nccs2)cc1C#N. The third-order valence-electron chi connectivity index (χ3n) is 5.21. The maximum Gasteiger partial charge on any atom is 0.263 e. The molecule has 0 aliphatic rings. The minimum Gasteiger partial charge on any atom is -0.454 e. The van der Waals surface area contributed by atoms with Gasteiger partial charge in [-0.2, -0.15) is 14.8 Å². The molecule has 0 aliphatic heterocycles. The second-order valence-corrected chi connectivity index (χ2v) is 10.1. The average Bonchev–Trinajstić information content (AvgIpc) is 3.56. The van der Waals surface area contributed by atoms with Crippen LogP contribution in [0.2, 0.25) is 0 Å². The van der Waals surface area contributed by atoms with Crippen molar-refractivity contribution in [3.8, 4) is 40.2 Å². The quantitative estimate of drug-likeness (QED) is 0.300. The molecule has 0 bridgehead atoms. The third kappa shape index (κ3) is 4.88. The lowest BCUT2D eigenvalue weighted by Crippen LogP contribution is -2.13. The molecule has 0 spiro atoms. The summed E-state index contributed by atoms with van der Waals surface area (Å²) in [6.45, 7) is 0. The molecule has 5 rings (SSSR count). The Hall–Kier alpha value is -4.67. The fourth-order valence-electron chi connectivity index (χ4n) is 3.46. The largest absolute Gasteiger partial charge is 0.454 e. The van der Waals surface area contributed by atoms with Crippen LogP contribution in [0, 0.1) is 17.3 Å². The maximum atomic E-state index is 14.3. The van der Waals surface area contributed by atoms with E-state index in [1.807, 2.05) is 6.07 Å². The van der Waals surface area contributed by atoms with Crippen LogP contribution < -0.4 is 9.46 Å². The number of nitrogens with one attached hydrogen (secondary N) is 1. The van der Waals surface area contributed by atoms with Crippen molar-refractivity contribution in [2.75, 3.05) is 4.72 Å². The molecule has 0 amide bonds. The summed E-state index contributed by atoms with van der Waals surface area (Å²) in [6.07, 6.45) is 4.40. The van der Waals surface area contributed by atoms with E-state index in [4.69, 9.17) is 4.74 Å². The first-order chi connectivity index (χ1) is 17.9. The van der Waals surface area contributed by atoms with E-state index in [0.29, 0.717) is 17.1 Å². The van der Waals surface area contributed by atoms with E-state index in [-0.39, 0.29) is 32.7 Å². The molecule has 0 aliphatic carbocycles. The first-order valence-corrected chi connectivity index (χ1v) is 13.0. The van der Waals surface area contributed by atoms with E-state index in [0.717, 1.165) is 11.3 Å². The Morgan fingerprint density at radius 2 is 1.92 bits per heavy atom. The van der Waals surface area contributed by atoms with Crippen LogP contribution in [0.1, 0.15) is 5.56 Å². The second kappa shape index (κ2) is 9.76. The minimum absolute atomic E-state index is 0.0136. The number of aryl methyl sites for hydroxylation is 1. The number of benzene rings is 1. The maximum absolute atomic E-state index is 14.3. The zero-order chi connectivity index (χ0) is 26.0. The zero-order valence-corrected chi connectivity index (χ0v) is 20.7. The van der Waals surface area contributed by atoms with Gasteiger partial charge in [0, 0.05) is 31.0 Å². The number of sulfonamides is 1. The molecule has 37 heavy (non-hydrogen) atoms. The molecule has 0 saturated heterocycles. The van der Waals surface area contributed by atoms with Crippen LogP contribution in [0.4, 0.5) is 9.52 Å². The van der Waals surface area contributed by atoms with Gasteiger partial charge in [-0.05, 0) is 48.5 Å². The van der Waals surface area contributed by atoms with E-state index < -0.39 is 16.0 Å². The fraction of sp³-hybridized carbons (Fsp3) is 0.0417. The Morgan fingerprint density at radius 1 is 1.08 bits per heavy atom. The molecule has 5 aromatic rings. The van der Waals surface area contributed by atoms with Crippen LogP contribution in [0.25, 0.3) is 22.6 Å². The van der Waals surface area contributed by atoms with Crippen LogP contribution in [-0.2, 0) is 17.1 Å². The molecule has 0 radical (unpaired) electrons. The number of anilines is 1. The molecule has 0 fully saturated rings. The Morgan fingerprint density at radius 3 is 2.62 bits per heavy atom.